The summed E-state index contributed by atoms with van der Waals surface area (Å²) in [6.45, 7) is 2.20. The smallest absolute Gasteiger partial charge is 0.257 e. The molecule has 0 unspecified atom stereocenters. The maximum absolute atomic E-state index is 12.4. The molecule has 0 bridgehead atoms. The quantitative estimate of drug-likeness (QED) is 0.824. The maximum Gasteiger partial charge on any atom is 0.257 e. The van der Waals surface area contributed by atoms with Crippen molar-refractivity contribution in [2.75, 3.05) is 26.7 Å². The SMILES string of the molecule is CN1CCN(C(=O)c2ccoc2)C[C@H]1c1nccn1C. The average molecular weight is 274 g/mol. The van der Waals surface area contributed by atoms with Crippen LogP contribution in [0.2, 0.25) is 0 Å². The standard InChI is InChI=1S/C14H18N4O2/c1-16-6-7-18(14(19)11-3-8-20-10-11)9-12(16)13-15-4-5-17(13)2/h3-5,8,10,12H,6-7,9H2,1-2H3/t12-/m0/s1. The van der Waals surface area contributed by atoms with Crippen LogP contribution in [0, 0.1) is 0 Å². The molecule has 3 rings (SSSR count). The summed E-state index contributed by atoms with van der Waals surface area (Å²) in [6.07, 6.45) is 6.75. The van der Waals surface area contributed by atoms with E-state index in [0.717, 1.165) is 18.9 Å². The van der Waals surface area contributed by atoms with Crippen molar-refractivity contribution in [1.82, 2.24) is 19.4 Å². The first-order chi connectivity index (χ1) is 9.66. The minimum absolute atomic E-state index is 0.0195. The van der Waals surface area contributed by atoms with Gasteiger partial charge >= 0.3 is 0 Å². The zero-order valence-electron chi connectivity index (χ0n) is 11.7. The number of piperazine rings is 1. The summed E-state index contributed by atoms with van der Waals surface area (Å²) in [5.74, 6) is 1.00. The van der Waals surface area contributed by atoms with E-state index in [9.17, 15) is 4.79 Å². The molecule has 0 N–H and O–H groups in total. The molecular weight excluding hydrogens is 256 g/mol. The van der Waals surface area contributed by atoms with E-state index in [1.807, 2.05) is 22.7 Å². The van der Waals surface area contributed by atoms with E-state index in [4.69, 9.17) is 4.42 Å². The lowest BCUT2D eigenvalue weighted by atomic mass is 10.1. The molecule has 2 aromatic rings. The predicted octanol–water partition coefficient (Wildman–Crippen LogP) is 1.14. The lowest BCUT2D eigenvalue weighted by Gasteiger charge is -2.38. The monoisotopic (exact) mass is 274 g/mol. The molecule has 3 heterocycles. The Hall–Kier alpha value is -2.08. The van der Waals surface area contributed by atoms with E-state index < -0.39 is 0 Å². The summed E-state index contributed by atoms with van der Waals surface area (Å²) in [4.78, 5) is 20.9. The summed E-state index contributed by atoms with van der Waals surface area (Å²) >= 11 is 0. The number of furan rings is 1. The van der Waals surface area contributed by atoms with Gasteiger partial charge in [-0.3, -0.25) is 9.69 Å². The molecule has 106 valence electrons. The van der Waals surface area contributed by atoms with Crippen LogP contribution in [-0.2, 0) is 7.05 Å². The second-order valence-corrected chi connectivity index (χ2v) is 5.16. The number of likely N-dealkylation sites (N-methyl/N-ethyl adjacent to an activating group) is 1. The van der Waals surface area contributed by atoms with Gasteiger partial charge in [-0.1, -0.05) is 0 Å². The van der Waals surface area contributed by atoms with Crippen LogP contribution in [0.4, 0.5) is 0 Å². The zero-order valence-corrected chi connectivity index (χ0v) is 11.7. The van der Waals surface area contributed by atoms with Gasteiger partial charge in [-0.2, -0.15) is 0 Å². The number of hydrogen-bond donors (Lipinski definition) is 0. The van der Waals surface area contributed by atoms with E-state index in [1.54, 1.807) is 12.3 Å². The molecule has 6 heteroatoms. The van der Waals surface area contributed by atoms with E-state index >= 15 is 0 Å². The minimum Gasteiger partial charge on any atom is -0.472 e. The van der Waals surface area contributed by atoms with Crippen LogP contribution in [0.3, 0.4) is 0 Å². The normalized spacial score (nSPS) is 20.3. The van der Waals surface area contributed by atoms with E-state index in [-0.39, 0.29) is 11.9 Å². The summed E-state index contributed by atoms with van der Waals surface area (Å²) in [5.41, 5.74) is 0.605. The van der Waals surface area contributed by atoms with Gasteiger partial charge in [-0.15, -0.1) is 0 Å². The molecule has 6 nitrogen and oxygen atoms in total. The molecule has 0 aromatic carbocycles. The van der Waals surface area contributed by atoms with Crippen LogP contribution in [0.1, 0.15) is 22.2 Å². The Morgan fingerprint density at radius 3 is 2.90 bits per heavy atom. The molecule has 1 atom stereocenters. The number of imidazole rings is 1. The van der Waals surface area contributed by atoms with Gasteiger partial charge in [0.15, 0.2) is 0 Å². The molecule has 2 aromatic heterocycles. The van der Waals surface area contributed by atoms with Gasteiger partial charge in [0, 0.05) is 39.1 Å². The van der Waals surface area contributed by atoms with Gasteiger partial charge in [0.25, 0.3) is 5.91 Å². The third-order valence-electron chi connectivity index (χ3n) is 3.86. The van der Waals surface area contributed by atoms with Gasteiger partial charge in [0.2, 0.25) is 0 Å². The average Bonchev–Trinajstić information content (AvgIpc) is 3.10. The minimum atomic E-state index is 0.0195. The molecule has 0 radical (unpaired) electrons. The molecule has 20 heavy (non-hydrogen) atoms. The molecule has 1 saturated heterocycles. The number of aromatic nitrogens is 2. The highest BCUT2D eigenvalue weighted by molar-refractivity contribution is 5.93. The van der Waals surface area contributed by atoms with E-state index in [1.165, 1.54) is 12.5 Å². The van der Waals surface area contributed by atoms with Crippen molar-refractivity contribution in [3.8, 4) is 0 Å². The van der Waals surface area contributed by atoms with Crippen molar-refractivity contribution in [3.05, 3.63) is 42.4 Å². The highest BCUT2D eigenvalue weighted by atomic mass is 16.3. The van der Waals surface area contributed by atoms with Crippen molar-refractivity contribution < 1.29 is 9.21 Å². The molecular formula is C14H18N4O2. The second-order valence-electron chi connectivity index (χ2n) is 5.16. The highest BCUT2D eigenvalue weighted by Gasteiger charge is 2.31. The second kappa shape index (κ2) is 5.13. The molecule has 0 aliphatic carbocycles. The Bertz CT molecular complexity index is 590. The first kappa shape index (κ1) is 12.9. The van der Waals surface area contributed by atoms with Crippen LogP contribution in [0.25, 0.3) is 0 Å². The summed E-state index contributed by atoms with van der Waals surface area (Å²) < 4.78 is 7.00. The van der Waals surface area contributed by atoms with Crippen molar-refractivity contribution >= 4 is 5.91 Å². The topological polar surface area (TPSA) is 54.5 Å². The zero-order chi connectivity index (χ0) is 14.1. The molecule has 1 fully saturated rings. The number of aryl methyl sites for hydroxylation is 1. The Morgan fingerprint density at radius 2 is 2.25 bits per heavy atom. The van der Waals surface area contributed by atoms with Crippen molar-refractivity contribution in [1.29, 1.82) is 0 Å². The molecule has 0 saturated carbocycles. The lowest BCUT2D eigenvalue weighted by molar-refractivity contribution is 0.0528. The summed E-state index contributed by atoms with van der Waals surface area (Å²) in [7, 11) is 4.05. The molecule has 0 spiro atoms. The van der Waals surface area contributed by atoms with Gasteiger partial charge in [0.05, 0.1) is 17.9 Å². The third-order valence-corrected chi connectivity index (χ3v) is 3.86. The number of carbonyl (C=O) groups is 1. The van der Waals surface area contributed by atoms with Crippen molar-refractivity contribution in [2.24, 2.45) is 7.05 Å². The van der Waals surface area contributed by atoms with Gasteiger partial charge in [0.1, 0.15) is 12.1 Å². The highest BCUT2D eigenvalue weighted by Crippen LogP contribution is 2.23. The lowest BCUT2D eigenvalue weighted by Crippen LogP contribution is -2.49. The van der Waals surface area contributed by atoms with Crippen LogP contribution >= 0.6 is 0 Å². The number of amides is 1. The fraction of sp³-hybridized carbons (Fsp3) is 0.429. The maximum atomic E-state index is 12.4. The predicted molar refractivity (Wildman–Crippen MR) is 73.2 cm³/mol. The van der Waals surface area contributed by atoms with Crippen LogP contribution in [-0.4, -0.2) is 51.9 Å². The number of carbonyl (C=O) groups excluding carboxylic acids is 1. The fourth-order valence-corrected chi connectivity index (χ4v) is 2.60. The first-order valence-corrected chi connectivity index (χ1v) is 6.65. The number of rotatable bonds is 2. The number of nitrogens with zero attached hydrogens (tertiary/aromatic N) is 4. The van der Waals surface area contributed by atoms with E-state index in [0.29, 0.717) is 12.1 Å². The van der Waals surface area contributed by atoms with Crippen molar-refractivity contribution in [3.63, 3.8) is 0 Å². The summed E-state index contributed by atoms with van der Waals surface area (Å²) in [6, 6.07) is 1.83. The van der Waals surface area contributed by atoms with Crippen LogP contribution < -0.4 is 0 Å². The number of hydrogen-bond acceptors (Lipinski definition) is 4. The Morgan fingerprint density at radius 1 is 1.40 bits per heavy atom. The molecule has 1 amide bonds. The Kier molecular flexibility index (Phi) is 3.31. The van der Waals surface area contributed by atoms with Crippen LogP contribution in [0.15, 0.2) is 35.4 Å². The molecule has 1 aliphatic rings. The fourth-order valence-electron chi connectivity index (χ4n) is 2.60. The largest absolute Gasteiger partial charge is 0.472 e. The van der Waals surface area contributed by atoms with Gasteiger partial charge in [-0.25, -0.2) is 4.98 Å². The summed E-state index contributed by atoms with van der Waals surface area (Å²) in [5, 5.41) is 0. The van der Waals surface area contributed by atoms with Crippen LogP contribution in [0.5, 0.6) is 0 Å². The van der Waals surface area contributed by atoms with E-state index in [2.05, 4.69) is 16.9 Å². The first-order valence-electron chi connectivity index (χ1n) is 6.65. The van der Waals surface area contributed by atoms with Gasteiger partial charge < -0.3 is 13.9 Å². The Labute approximate surface area is 117 Å². The Balaban J connectivity index is 1.80. The third kappa shape index (κ3) is 2.22. The van der Waals surface area contributed by atoms with Gasteiger partial charge in [-0.05, 0) is 13.1 Å². The van der Waals surface area contributed by atoms with Crippen molar-refractivity contribution in [2.45, 2.75) is 6.04 Å². The molecule has 1 aliphatic heterocycles.